The number of carbonyl (C=O) groups is 1. The van der Waals surface area contributed by atoms with Gasteiger partial charge in [-0.3, -0.25) is 9.69 Å². The fourth-order valence-corrected chi connectivity index (χ4v) is 2.44. The van der Waals surface area contributed by atoms with Crippen molar-refractivity contribution in [3.05, 3.63) is 59.9 Å². The second-order valence-electron chi connectivity index (χ2n) is 4.46. The van der Waals surface area contributed by atoms with Gasteiger partial charge in [-0.25, -0.2) is 4.98 Å². The van der Waals surface area contributed by atoms with Crippen LogP contribution in [0.4, 0.5) is 5.82 Å². The Morgan fingerprint density at radius 1 is 1.11 bits per heavy atom. The summed E-state index contributed by atoms with van der Waals surface area (Å²) >= 11 is 0. The molecule has 0 bridgehead atoms. The van der Waals surface area contributed by atoms with Crippen LogP contribution >= 0.6 is 0 Å². The first-order valence-electron chi connectivity index (χ1n) is 6.03. The third-order valence-electron chi connectivity index (χ3n) is 3.36. The summed E-state index contributed by atoms with van der Waals surface area (Å²) in [5.74, 6) is 0.708. The molecule has 5 heteroatoms. The van der Waals surface area contributed by atoms with E-state index in [2.05, 4.69) is 10.1 Å². The number of nitrogens with zero attached hydrogens (tertiary/aromatic N) is 4. The van der Waals surface area contributed by atoms with Gasteiger partial charge in [0.25, 0.3) is 5.91 Å². The number of amides is 1. The molecule has 0 atom stereocenters. The number of aromatic nitrogens is 3. The SMILES string of the molecule is O=C1c2ccccc2CN1c1cnc2cccnn12. The Bertz CT molecular complexity index is 793. The van der Waals surface area contributed by atoms with Gasteiger partial charge in [0.2, 0.25) is 0 Å². The molecule has 0 aliphatic carbocycles. The van der Waals surface area contributed by atoms with Crippen molar-refractivity contribution in [2.45, 2.75) is 6.54 Å². The summed E-state index contributed by atoms with van der Waals surface area (Å²) in [5, 5.41) is 4.24. The number of hydrogen-bond donors (Lipinski definition) is 0. The fraction of sp³-hybridized carbons (Fsp3) is 0.0714. The van der Waals surface area contributed by atoms with Crippen LogP contribution in [0.15, 0.2) is 48.8 Å². The second-order valence-corrected chi connectivity index (χ2v) is 4.46. The molecule has 1 aromatic carbocycles. The van der Waals surface area contributed by atoms with Crippen LogP contribution in [0.5, 0.6) is 0 Å². The average molecular weight is 250 g/mol. The summed E-state index contributed by atoms with van der Waals surface area (Å²) in [6.07, 6.45) is 3.37. The van der Waals surface area contributed by atoms with Gasteiger partial charge in [0.05, 0.1) is 12.7 Å². The summed E-state index contributed by atoms with van der Waals surface area (Å²) in [4.78, 5) is 18.4. The smallest absolute Gasteiger partial charge is 0.260 e. The van der Waals surface area contributed by atoms with Crippen LogP contribution in [0, 0.1) is 0 Å². The second kappa shape index (κ2) is 3.65. The number of fused-ring (bicyclic) bond motifs is 2. The Kier molecular flexibility index (Phi) is 1.97. The van der Waals surface area contributed by atoms with Crippen LogP contribution in [0.3, 0.4) is 0 Å². The van der Waals surface area contributed by atoms with Gasteiger partial charge in [-0.1, -0.05) is 18.2 Å². The Balaban J connectivity index is 1.85. The lowest BCUT2D eigenvalue weighted by Gasteiger charge is -2.13. The number of carbonyl (C=O) groups excluding carboxylic acids is 1. The third kappa shape index (κ3) is 1.38. The van der Waals surface area contributed by atoms with Crippen LogP contribution in [-0.2, 0) is 6.54 Å². The fourth-order valence-electron chi connectivity index (χ4n) is 2.44. The highest BCUT2D eigenvalue weighted by Gasteiger charge is 2.30. The van der Waals surface area contributed by atoms with E-state index in [0.717, 1.165) is 16.8 Å². The lowest BCUT2D eigenvalue weighted by Crippen LogP contribution is -2.24. The van der Waals surface area contributed by atoms with Crippen molar-refractivity contribution >= 4 is 17.4 Å². The zero-order valence-electron chi connectivity index (χ0n) is 10.0. The van der Waals surface area contributed by atoms with Gasteiger partial charge in [-0.2, -0.15) is 9.61 Å². The number of imidazole rings is 1. The predicted molar refractivity (Wildman–Crippen MR) is 69.9 cm³/mol. The maximum Gasteiger partial charge on any atom is 0.260 e. The average Bonchev–Trinajstić information content (AvgIpc) is 3.01. The minimum absolute atomic E-state index is 0.00283. The van der Waals surface area contributed by atoms with Crippen molar-refractivity contribution in [2.75, 3.05) is 4.90 Å². The van der Waals surface area contributed by atoms with Crippen LogP contribution in [-0.4, -0.2) is 20.5 Å². The molecule has 0 saturated carbocycles. The quantitative estimate of drug-likeness (QED) is 0.662. The molecule has 0 saturated heterocycles. The third-order valence-corrected chi connectivity index (χ3v) is 3.36. The lowest BCUT2D eigenvalue weighted by molar-refractivity contribution is 0.0995. The van der Waals surface area contributed by atoms with E-state index < -0.39 is 0 Å². The van der Waals surface area contributed by atoms with Crippen LogP contribution in [0.1, 0.15) is 15.9 Å². The van der Waals surface area contributed by atoms with E-state index in [9.17, 15) is 4.79 Å². The molecule has 4 rings (SSSR count). The van der Waals surface area contributed by atoms with Crippen LogP contribution in [0.2, 0.25) is 0 Å². The van der Waals surface area contributed by atoms with E-state index in [-0.39, 0.29) is 5.91 Å². The molecular weight excluding hydrogens is 240 g/mol. The maximum atomic E-state index is 12.4. The highest BCUT2D eigenvalue weighted by atomic mass is 16.2. The summed E-state index contributed by atoms with van der Waals surface area (Å²) < 4.78 is 1.68. The molecule has 0 unspecified atom stereocenters. The Labute approximate surface area is 109 Å². The maximum absolute atomic E-state index is 12.4. The Hall–Kier alpha value is -2.69. The molecule has 1 aliphatic rings. The molecule has 3 heterocycles. The highest BCUT2D eigenvalue weighted by Crippen LogP contribution is 2.27. The van der Waals surface area contributed by atoms with E-state index >= 15 is 0 Å². The van der Waals surface area contributed by atoms with E-state index in [4.69, 9.17) is 0 Å². The monoisotopic (exact) mass is 250 g/mol. The minimum Gasteiger partial charge on any atom is -0.287 e. The first-order valence-corrected chi connectivity index (χ1v) is 6.03. The summed E-state index contributed by atoms with van der Waals surface area (Å²) in [6, 6.07) is 11.4. The van der Waals surface area contributed by atoms with Crippen molar-refractivity contribution in [1.82, 2.24) is 14.6 Å². The van der Waals surface area contributed by atoms with Gasteiger partial charge >= 0.3 is 0 Å². The molecule has 92 valence electrons. The van der Waals surface area contributed by atoms with E-state index in [1.807, 2.05) is 36.4 Å². The van der Waals surface area contributed by atoms with E-state index in [1.54, 1.807) is 21.8 Å². The topological polar surface area (TPSA) is 50.5 Å². The Morgan fingerprint density at radius 3 is 2.89 bits per heavy atom. The minimum atomic E-state index is 0.00283. The molecule has 5 nitrogen and oxygen atoms in total. The van der Waals surface area contributed by atoms with Gasteiger partial charge in [0.15, 0.2) is 11.5 Å². The molecule has 1 aliphatic heterocycles. The first kappa shape index (κ1) is 10.3. The van der Waals surface area contributed by atoms with E-state index in [0.29, 0.717) is 12.4 Å². The Morgan fingerprint density at radius 2 is 2.00 bits per heavy atom. The summed E-state index contributed by atoms with van der Waals surface area (Å²) in [6.45, 7) is 0.569. The molecule has 0 N–H and O–H groups in total. The predicted octanol–water partition coefficient (Wildman–Crippen LogP) is 1.89. The number of benzene rings is 1. The van der Waals surface area contributed by atoms with Gasteiger partial charge in [-0.05, 0) is 23.8 Å². The molecule has 0 fully saturated rings. The first-order chi connectivity index (χ1) is 9.34. The number of hydrogen-bond acceptors (Lipinski definition) is 3. The van der Waals surface area contributed by atoms with Crippen LogP contribution < -0.4 is 4.90 Å². The molecule has 0 spiro atoms. The van der Waals surface area contributed by atoms with Gasteiger partial charge in [-0.15, -0.1) is 0 Å². The van der Waals surface area contributed by atoms with Gasteiger partial charge in [0.1, 0.15) is 0 Å². The standard InChI is InChI=1S/C14H10N4O/c19-14-11-5-2-1-4-10(11)9-17(14)13-8-15-12-6-3-7-16-18(12)13/h1-8H,9H2. The van der Waals surface area contributed by atoms with Crippen molar-refractivity contribution in [3.63, 3.8) is 0 Å². The van der Waals surface area contributed by atoms with Crippen LogP contribution in [0.25, 0.3) is 5.65 Å². The van der Waals surface area contributed by atoms with Gasteiger partial charge in [0, 0.05) is 11.8 Å². The normalized spacial score (nSPS) is 14.1. The molecule has 19 heavy (non-hydrogen) atoms. The number of anilines is 1. The van der Waals surface area contributed by atoms with Crippen molar-refractivity contribution in [3.8, 4) is 0 Å². The summed E-state index contributed by atoms with van der Waals surface area (Å²) in [7, 11) is 0. The zero-order chi connectivity index (χ0) is 12.8. The van der Waals surface area contributed by atoms with Crippen molar-refractivity contribution in [1.29, 1.82) is 0 Å². The molecular formula is C14H10N4O. The van der Waals surface area contributed by atoms with E-state index in [1.165, 1.54) is 0 Å². The largest absolute Gasteiger partial charge is 0.287 e. The molecule has 2 aromatic heterocycles. The number of rotatable bonds is 1. The highest BCUT2D eigenvalue weighted by molar-refractivity contribution is 6.09. The van der Waals surface area contributed by atoms with Crippen molar-refractivity contribution in [2.24, 2.45) is 0 Å². The lowest BCUT2D eigenvalue weighted by atomic mass is 10.1. The molecule has 1 amide bonds. The zero-order valence-corrected chi connectivity index (χ0v) is 10.0. The van der Waals surface area contributed by atoms with Crippen molar-refractivity contribution < 1.29 is 4.79 Å². The van der Waals surface area contributed by atoms with Gasteiger partial charge < -0.3 is 0 Å². The molecule has 3 aromatic rings. The summed E-state index contributed by atoms with van der Waals surface area (Å²) in [5.41, 5.74) is 2.54. The molecule has 0 radical (unpaired) electrons.